The first-order chi connectivity index (χ1) is 26.8. The number of benzene rings is 7. The summed E-state index contributed by atoms with van der Waals surface area (Å²) in [4.78, 5) is 13.5. The fourth-order valence-electron chi connectivity index (χ4n) is 9.81. The molecule has 7 aromatic carbocycles. The van der Waals surface area contributed by atoms with Crippen molar-refractivity contribution in [1.82, 2.24) is 0 Å². The highest BCUT2D eigenvalue weighted by Gasteiger charge is 2.55. The van der Waals surface area contributed by atoms with Gasteiger partial charge in [-0.05, 0) is 88.1 Å². The highest BCUT2D eigenvalue weighted by Crippen LogP contribution is 2.49. The molecule has 5 heterocycles. The Balaban J connectivity index is 1.11. The molecule has 2 atom stereocenters. The van der Waals surface area contributed by atoms with Crippen molar-refractivity contribution in [3.63, 3.8) is 0 Å². The first kappa shape index (κ1) is 30.7. The summed E-state index contributed by atoms with van der Waals surface area (Å²) in [5, 5.41) is 0. The zero-order valence-electron chi connectivity index (χ0n) is 29.3. The maximum absolute atomic E-state index is 7.11. The third-order valence-electron chi connectivity index (χ3n) is 11.9. The zero-order valence-corrected chi connectivity index (χ0v) is 31.6. The van der Waals surface area contributed by atoms with Crippen molar-refractivity contribution >= 4 is 96.1 Å². The minimum absolute atomic E-state index is 0.106. The van der Waals surface area contributed by atoms with Gasteiger partial charge in [-0.2, -0.15) is 0 Å². The van der Waals surface area contributed by atoms with Crippen molar-refractivity contribution in [2.45, 2.75) is 10.9 Å². The monoisotopic (exact) mass is 722 g/mol. The van der Waals surface area contributed by atoms with E-state index in [1.54, 1.807) is 0 Å². The van der Waals surface area contributed by atoms with Crippen LogP contribution in [-0.2, 0) is 0 Å². The van der Waals surface area contributed by atoms with Crippen molar-refractivity contribution in [2.75, 3.05) is 14.7 Å². The molecule has 0 saturated carbocycles. The Morgan fingerprint density at radius 1 is 0.463 bits per heavy atom. The van der Waals surface area contributed by atoms with E-state index in [-0.39, 0.29) is 10.9 Å². The van der Waals surface area contributed by atoms with Gasteiger partial charge in [-0.1, -0.05) is 116 Å². The Kier molecular flexibility index (Phi) is 6.73. The van der Waals surface area contributed by atoms with Crippen LogP contribution in [0.2, 0.25) is 4.78 Å². The maximum Gasteiger partial charge on any atom is 0.429 e. The minimum Gasteiger partial charge on any atom is -0.459 e. The number of nitrogens with zero attached hydrogens (tertiary/aromatic N) is 4. The number of para-hydroxylation sites is 5. The lowest BCUT2D eigenvalue weighted by molar-refractivity contribution is 0.446. The van der Waals surface area contributed by atoms with E-state index in [1.807, 2.05) is 0 Å². The van der Waals surface area contributed by atoms with Crippen LogP contribution < -0.4 is 37.1 Å². The molecule has 0 amide bonds. The molecule has 2 unspecified atom stereocenters. The highest BCUT2D eigenvalue weighted by atomic mass is 27.2. The average molecular weight is 723 g/mol. The van der Waals surface area contributed by atoms with Crippen LogP contribution in [0.25, 0.3) is 0 Å². The van der Waals surface area contributed by atoms with E-state index < -0.39 is 28.3 Å². The summed E-state index contributed by atoms with van der Waals surface area (Å²) < 4.78 is 14.1. The number of ether oxygens (including phenoxy) is 1. The number of hydrogen-bond donors (Lipinski definition) is 0. The first-order valence-electron chi connectivity index (χ1n) is 18.8. The normalized spacial score (nSPS) is 18.2. The second-order valence-electron chi connectivity index (χ2n) is 14.6. The fourth-order valence-corrected chi connectivity index (χ4v) is 17.3. The molecule has 7 heteroatoms. The van der Waals surface area contributed by atoms with Gasteiger partial charge in [0, 0.05) is 50.1 Å². The number of fused-ring (bicyclic) bond motifs is 8. The summed E-state index contributed by atoms with van der Waals surface area (Å²) in [7, 11) is 0. The molecule has 0 fully saturated rings. The summed E-state index contributed by atoms with van der Waals surface area (Å²) in [6.45, 7) is 0. The van der Waals surface area contributed by atoms with Gasteiger partial charge in [0.05, 0.1) is 0 Å². The highest BCUT2D eigenvalue weighted by molar-refractivity contribution is 7.13. The molecular formula is C47H32Al2N4O. The van der Waals surface area contributed by atoms with Gasteiger partial charge in [-0.15, -0.1) is 0 Å². The van der Waals surface area contributed by atoms with Crippen molar-refractivity contribution in [1.29, 1.82) is 0 Å². The number of dihydropyridines is 1. The van der Waals surface area contributed by atoms with Crippen molar-refractivity contribution in [2.24, 2.45) is 4.99 Å². The van der Waals surface area contributed by atoms with Gasteiger partial charge in [-0.3, -0.25) is 4.99 Å². The molecule has 54 heavy (non-hydrogen) atoms. The van der Waals surface area contributed by atoms with Gasteiger partial charge in [-0.25, -0.2) is 0 Å². The van der Waals surface area contributed by atoms with E-state index in [2.05, 4.69) is 197 Å². The van der Waals surface area contributed by atoms with Crippen LogP contribution in [0.15, 0.2) is 193 Å². The standard InChI is InChI=1S/C47H32N4O.2Al/c1-6-18-37(19-7-1)49(38-20-8-2-9-21-38)42-28-16-29-43(34-42)51(41-26-14-5-15-27-41)47-33-32-46(36-48-47)52-45-31-17-30-44(35-45)50(39-22-10-3-11-23-39)40-24-12-4-13-25-40;;/h1-20,22-24,26-33,47H;;. The topological polar surface area (TPSA) is 31.3 Å². The molecule has 252 valence electrons. The lowest BCUT2D eigenvalue weighted by atomic mass is 10.1. The Hall–Kier alpha value is -5.79. The molecule has 0 radical (unpaired) electrons. The van der Waals surface area contributed by atoms with E-state index in [9.17, 15) is 0 Å². The Morgan fingerprint density at radius 3 is 1.67 bits per heavy atom. The quantitative estimate of drug-likeness (QED) is 0.172. The van der Waals surface area contributed by atoms with Gasteiger partial charge in [0.1, 0.15) is 17.7 Å². The summed E-state index contributed by atoms with van der Waals surface area (Å²) >= 11 is -4.03. The molecule has 0 spiro atoms. The number of allylic oxidation sites excluding steroid dienone is 1. The lowest BCUT2D eigenvalue weighted by Crippen LogP contribution is -2.64. The average Bonchev–Trinajstić information content (AvgIpc) is 3.24. The number of anilines is 8. The SMILES string of the molecule is C1=C2Oc3cccc4[c]3[Al]([C]2=NC2[CH]1[Al]1[c]3ccccc3N(c3ccccc3)c3cccc([c]31)N2c1ccccc1)[c]1ccccc1N4c1ccccc1. The Labute approximate surface area is 323 Å². The summed E-state index contributed by atoms with van der Waals surface area (Å²) in [6, 6.07) is 64.1. The number of rotatable bonds is 3. The summed E-state index contributed by atoms with van der Waals surface area (Å²) in [6.07, 6.45) is 2.41. The van der Waals surface area contributed by atoms with Crippen LogP contribution in [0.4, 0.5) is 45.5 Å². The van der Waals surface area contributed by atoms with Crippen LogP contribution in [0.5, 0.6) is 5.75 Å². The smallest absolute Gasteiger partial charge is 0.429 e. The van der Waals surface area contributed by atoms with Gasteiger partial charge in [0.25, 0.3) is 0 Å². The van der Waals surface area contributed by atoms with Crippen molar-refractivity contribution in [3.8, 4) is 5.75 Å². The third kappa shape index (κ3) is 4.30. The van der Waals surface area contributed by atoms with Crippen LogP contribution in [-0.4, -0.2) is 39.0 Å². The van der Waals surface area contributed by atoms with Crippen LogP contribution in [0.3, 0.4) is 0 Å². The number of hydrogen-bond acceptors (Lipinski definition) is 5. The Morgan fingerprint density at radius 2 is 0.981 bits per heavy atom. The van der Waals surface area contributed by atoms with Crippen molar-refractivity contribution in [3.05, 3.63) is 188 Å². The molecule has 12 rings (SSSR count). The van der Waals surface area contributed by atoms with Crippen LogP contribution >= 0.6 is 0 Å². The molecule has 0 N–H and O–H groups in total. The molecule has 0 aromatic heterocycles. The van der Waals surface area contributed by atoms with E-state index in [4.69, 9.17) is 9.73 Å². The third-order valence-corrected chi connectivity index (χ3v) is 18.8. The molecule has 5 aliphatic rings. The largest absolute Gasteiger partial charge is 0.459 e. The first-order valence-corrected chi connectivity index (χ1v) is 22.3. The van der Waals surface area contributed by atoms with E-state index in [0.29, 0.717) is 0 Å². The lowest BCUT2D eigenvalue weighted by Gasteiger charge is -2.50. The molecule has 0 saturated heterocycles. The zero-order chi connectivity index (χ0) is 35.3. The molecule has 5 aliphatic heterocycles. The van der Waals surface area contributed by atoms with E-state index in [1.165, 1.54) is 57.5 Å². The maximum atomic E-state index is 7.11. The van der Waals surface area contributed by atoms with Gasteiger partial charge >= 0.3 is 28.3 Å². The van der Waals surface area contributed by atoms with E-state index >= 15 is 0 Å². The van der Waals surface area contributed by atoms with Gasteiger partial charge in [0.15, 0.2) is 0 Å². The fraction of sp³-hybridized carbons (Fsp3) is 0.0426. The van der Waals surface area contributed by atoms with Crippen molar-refractivity contribution < 1.29 is 4.74 Å². The molecule has 0 aliphatic carbocycles. The Bertz CT molecular complexity index is 2700. The summed E-state index contributed by atoms with van der Waals surface area (Å²) in [5.74, 6) is 1.94. The molecule has 0 bridgehead atoms. The summed E-state index contributed by atoms with van der Waals surface area (Å²) in [5.41, 5.74) is 9.76. The van der Waals surface area contributed by atoms with E-state index in [0.717, 1.165) is 21.8 Å². The predicted octanol–water partition coefficient (Wildman–Crippen LogP) is 8.29. The molecular weight excluding hydrogens is 691 g/mol. The predicted molar refractivity (Wildman–Crippen MR) is 225 cm³/mol. The second kappa shape index (κ2) is 11.9. The van der Waals surface area contributed by atoms with Gasteiger partial charge < -0.3 is 19.4 Å². The van der Waals surface area contributed by atoms with Crippen LogP contribution in [0.1, 0.15) is 0 Å². The van der Waals surface area contributed by atoms with Crippen LogP contribution in [0, 0.1) is 0 Å². The minimum atomic E-state index is -2.08. The van der Waals surface area contributed by atoms with Gasteiger partial charge in [0.2, 0.25) is 0 Å². The molecule has 7 aromatic rings. The number of aliphatic imine (C=N–C) groups is 1. The molecule has 5 nitrogen and oxygen atoms in total. The second-order valence-corrected chi connectivity index (χ2v) is 20.1.